The molecule has 1 aromatic carbocycles. The Morgan fingerprint density at radius 2 is 2.00 bits per heavy atom. The zero-order valence-electron chi connectivity index (χ0n) is 24.0. The number of allylic oxidation sites excluding steroid dienone is 3. The van der Waals surface area contributed by atoms with Gasteiger partial charge in [0.25, 0.3) is 5.91 Å². The second-order valence-corrected chi connectivity index (χ2v) is 8.51. The van der Waals surface area contributed by atoms with Crippen LogP contribution in [-0.2, 0) is 16.0 Å². The van der Waals surface area contributed by atoms with E-state index in [0.29, 0.717) is 18.6 Å². The normalized spacial score (nSPS) is 13.8. The molecule has 0 saturated heterocycles. The van der Waals surface area contributed by atoms with Crippen molar-refractivity contribution in [1.82, 2.24) is 15.5 Å². The van der Waals surface area contributed by atoms with E-state index in [1.54, 1.807) is 7.05 Å². The molecule has 1 aliphatic heterocycles. The summed E-state index contributed by atoms with van der Waals surface area (Å²) in [6.07, 6.45) is 12.3. The average molecular weight is 557 g/mol. The van der Waals surface area contributed by atoms with E-state index >= 15 is 0 Å². The van der Waals surface area contributed by atoms with E-state index in [9.17, 15) is 18.4 Å². The summed E-state index contributed by atoms with van der Waals surface area (Å²) in [6, 6.07) is 7.81. The van der Waals surface area contributed by atoms with Crippen molar-refractivity contribution >= 4 is 18.0 Å². The second kappa shape index (κ2) is 20.9. The number of fused-ring (bicyclic) bond motifs is 1. The number of aliphatic imine (C=N–C) groups is 1. The van der Waals surface area contributed by atoms with Crippen LogP contribution in [0.4, 0.5) is 8.78 Å². The van der Waals surface area contributed by atoms with Gasteiger partial charge in [0, 0.05) is 46.1 Å². The summed E-state index contributed by atoms with van der Waals surface area (Å²) in [6.45, 7) is 13.2. The van der Waals surface area contributed by atoms with Crippen LogP contribution in [0.15, 0.2) is 77.8 Å². The number of para-hydroxylation sites is 1. The fourth-order valence-corrected chi connectivity index (χ4v) is 3.65. The van der Waals surface area contributed by atoms with Gasteiger partial charge in [-0.1, -0.05) is 36.9 Å². The van der Waals surface area contributed by atoms with Gasteiger partial charge in [-0.3, -0.25) is 9.79 Å². The van der Waals surface area contributed by atoms with Crippen molar-refractivity contribution in [2.24, 2.45) is 10.9 Å². The topological polar surface area (TPSA) is 83.0 Å². The third-order valence-electron chi connectivity index (χ3n) is 5.81. The zero-order valence-corrected chi connectivity index (χ0v) is 24.0. The molecule has 40 heavy (non-hydrogen) atoms. The summed E-state index contributed by atoms with van der Waals surface area (Å²) in [4.78, 5) is 28.9. The minimum Gasteiger partial charge on any atom is -0.451 e. The number of terminal acetylenes is 1. The van der Waals surface area contributed by atoms with Crippen molar-refractivity contribution in [2.45, 2.75) is 32.9 Å². The molecule has 2 N–H and O–H groups in total. The van der Waals surface area contributed by atoms with Crippen molar-refractivity contribution in [2.75, 3.05) is 40.3 Å². The Morgan fingerprint density at radius 3 is 2.55 bits per heavy atom. The van der Waals surface area contributed by atoms with Crippen LogP contribution in [0.5, 0.6) is 5.75 Å². The van der Waals surface area contributed by atoms with Crippen molar-refractivity contribution in [3.63, 3.8) is 0 Å². The number of amidine groups is 1. The van der Waals surface area contributed by atoms with Crippen molar-refractivity contribution in [3.8, 4) is 18.6 Å². The van der Waals surface area contributed by atoms with Crippen molar-refractivity contribution in [3.05, 3.63) is 78.4 Å². The quantitative estimate of drug-likeness (QED) is 0.122. The van der Waals surface area contributed by atoms with E-state index < -0.39 is 17.9 Å². The maximum Gasteiger partial charge on any atom is 0.287 e. The second-order valence-electron chi connectivity index (χ2n) is 8.51. The fraction of sp³-hybridized carbons (Fsp3) is 0.387. The maximum absolute atomic E-state index is 12.7. The predicted octanol–water partition coefficient (Wildman–Crippen LogP) is 4.59. The van der Waals surface area contributed by atoms with Crippen LogP contribution in [0.25, 0.3) is 0 Å². The molecule has 0 aliphatic carbocycles. The van der Waals surface area contributed by atoms with E-state index in [0.717, 1.165) is 54.9 Å². The van der Waals surface area contributed by atoms with Crippen molar-refractivity contribution in [1.29, 1.82) is 0 Å². The van der Waals surface area contributed by atoms with Crippen LogP contribution >= 0.6 is 0 Å². The highest BCUT2D eigenvalue weighted by Crippen LogP contribution is 2.29. The predicted molar refractivity (Wildman–Crippen MR) is 160 cm³/mol. The molecular formula is C31H42F2N4O3. The minimum atomic E-state index is -1.53. The Labute approximate surface area is 237 Å². The molecule has 0 radical (unpaired) electrons. The van der Waals surface area contributed by atoms with E-state index in [-0.39, 0.29) is 12.3 Å². The summed E-state index contributed by atoms with van der Waals surface area (Å²) in [5, 5.41) is 6.04. The molecule has 0 spiro atoms. The monoisotopic (exact) mass is 556 g/mol. The number of hydrogen-bond acceptors (Lipinski definition) is 5. The first-order valence-corrected chi connectivity index (χ1v) is 12.9. The summed E-state index contributed by atoms with van der Waals surface area (Å²) < 4.78 is 30.8. The third-order valence-corrected chi connectivity index (χ3v) is 5.81. The number of amides is 1. The molecule has 0 aromatic heterocycles. The number of aldehydes is 1. The number of rotatable bonds is 13. The maximum atomic E-state index is 12.7. The lowest BCUT2D eigenvalue weighted by Crippen LogP contribution is -2.35. The zero-order chi connectivity index (χ0) is 30.5. The first kappa shape index (κ1) is 36.0. The van der Waals surface area contributed by atoms with Crippen LogP contribution < -0.4 is 15.4 Å². The molecular weight excluding hydrogens is 514 g/mol. The number of likely N-dealkylation sites (N-methyl/N-ethyl adjacent to an activating group) is 2. The summed E-state index contributed by atoms with van der Waals surface area (Å²) in [5.41, 5.74) is 2.05. The van der Waals surface area contributed by atoms with Gasteiger partial charge in [-0.15, -0.1) is 19.4 Å². The van der Waals surface area contributed by atoms with Crippen LogP contribution in [0.3, 0.4) is 0 Å². The van der Waals surface area contributed by atoms with Crippen LogP contribution in [0, 0.1) is 18.8 Å². The molecule has 1 aliphatic rings. The molecule has 1 aromatic rings. The van der Waals surface area contributed by atoms with Crippen LogP contribution in [0.2, 0.25) is 0 Å². The molecule has 218 valence electrons. The van der Waals surface area contributed by atoms with Crippen LogP contribution in [-0.4, -0.2) is 69.4 Å². The standard InChI is InChI=1S/C21H30N4O2.C8H10F2O.C2H2/c1-5-25(14-13-22-3)19(23-4)11-8-12-24-21(26)20-16(2)15-17-9-6-7-10-18(17)27-20;1-3-8(10)7(4-5-11)6(2)9;1-2/h6-11,22H,5,12-15H2,1-4H3,(H,24,26);3,5,7-8H,1-2,4H2;1-2H/b11-8-,23-19?;;. The smallest absolute Gasteiger partial charge is 0.287 e. The van der Waals surface area contributed by atoms with E-state index in [4.69, 9.17) is 4.74 Å². The number of benzene rings is 1. The lowest BCUT2D eigenvalue weighted by Gasteiger charge is -2.22. The van der Waals surface area contributed by atoms with Gasteiger partial charge in [0.1, 0.15) is 24.0 Å². The average Bonchev–Trinajstić information content (AvgIpc) is 2.97. The molecule has 2 rings (SSSR count). The first-order chi connectivity index (χ1) is 19.2. The van der Waals surface area contributed by atoms with Crippen molar-refractivity contribution < 1.29 is 23.1 Å². The Kier molecular flexibility index (Phi) is 18.8. The number of hydrogen-bond donors (Lipinski definition) is 2. The molecule has 9 heteroatoms. The number of halogens is 2. The SMILES string of the molecule is C#C.C=CC(F)C(CC=O)C(=C)F.CCN(CCNC)C(/C=C\CNC(=O)C1=C(C)Cc2ccccc2O1)=NC. The van der Waals surface area contributed by atoms with E-state index in [1.165, 1.54) is 0 Å². The Bertz CT molecular complexity index is 1080. The number of carbonyl (C=O) groups is 2. The molecule has 2 atom stereocenters. The van der Waals surface area contributed by atoms with Gasteiger partial charge in [0.15, 0.2) is 5.76 Å². The summed E-state index contributed by atoms with van der Waals surface area (Å²) >= 11 is 0. The van der Waals surface area contributed by atoms with Crippen LogP contribution in [0.1, 0.15) is 25.8 Å². The molecule has 0 bridgehead atoms. The lowest BCUT2D eigenvalue weighted by molar-refractivity contribution is -0.119. The van der Waals surface area contributed by atoms with Gasteiger partial charge >= 0.3 is 0 Å². The summed E-state index contributed by atoms with van der Waals surface area (Å²) in [7, 11) is 3.71. The third kappa shape index (κ3) is 12.2. The number of alkyl halides is 1. The molecule has 0 fully saturated rings. The first-order valence-electron chi connectivity index (χ1n) is 12.9. The number of nitrogens with one attached hydrogen (secondary N) is 2. The largest absolute Gasteiger partial charge is 0.451 e. The lowest BCUT2D eigenvalue weighted by atomic mass is 10.00. The summed E-state index contributed by atoms with van der Waals surface area (Å²) in [5.74, 6) is -0.0121. The Balaban J connectivity index is 0.000000985. The molecule has 1 heterocycles. The van der Waals surface area contributed by atoms with Gasteiger partial charge < -0.3 is 25.1 Å². The van der Waals surface area contributed by atoms with Gasteiger partial charge in [-0.2, -0.15) is 0 Å². The van der Waals surface area contributed by atoms with Gasteiger partial charge in [-0.25, -0.2) is 8.78 Å². The molecule has 2 unspecified atom stereocenters. The van der Waals surface area contributed by atoms with E-state index in [1.807, 2.05) is 50.4 Å². The highest BCUT2D eigenvalue weighted by atomic mass is 19.1. The van der Waals surface area contributed by atoms with E-state index in [2.05, 4.69) is 53.5 Å². The number of nitrogens with zero attached hydrogens (tertiary/aromatic N) is 2. The van der Waals surface area contributed by atoms with Gasteiger partial charge in [0.05, 0.1) is 11.7 Å². The number of carbonyl (C=O) groups excluding carboxylic acids is 2. The van der Waals surface area contributed by atoms with Gasteiger partial charge in [-0.05, 0) is 44.2 Å². The number of ether oxygens (including phenoxy) is 1. The highest BCUT2D eigenvalue weighted by Gasteiger charge is 2.22. The molecule has 1 amide bonds. The molecule has 0 saturated carbocycles. The van der Waals surface area contributed by atoms with Gasteiger partial charge in [0.2, 0.25) is 0 Å². The highest BCUT2D eigenvalue weighted by molar-refractivity contribution is 5.94. The minimum absolute atomic E-state index is 0.191. The fourth-order valence-electron chi connectivity index (χ4n) is 3.65. The Hall–Kier alpha value is -4.03. The molecule has 7 nitrogen and oxygen atoms in total. The Morgan fingerprint density at radius 1 is 1.32 bits per heavy atom.